The lowest BCUT2D eigenvalue weighted by atomic mass is 10.1. The molecule has 0 aliphatic carbocycles. The molecule has 7 heteroatoms. The normalized spacial score (nSPS) is 15.2. The van der Waals surface area contributed by atoms with E-state index < -0.39 is 6.04 Å². The third kappa shape index (κ3) is 4.02. The molecule has 6 nitrogen and oxygen atoms in total. The highest BCUT2D eigenvalue weighted by molar-refractivity contribution is 6.33. The Labute approximate surface area is 168 Å². The fourth-order valence-corrected chi connectivity index (χ4v) is 3.56. The molecule has 0 unspecified atom stereocenters. The summed E-state index contributed by atoms with van der Waals surface area (Å²) in [5.41, 5.74) is 1.26. The summed E-state index contributed by atoms with van der Waals surface area (Å²) in [7, 11) is 0. The van der Waals surface area contributed by atoms with Crippen molar-refractivity contribution in [3.05, 3.63) is 76.6 Å². The minimum atomic E-state index is -0.559. The SMILES string of the molecule is O=C(N[C@@H](c1ccccc1)c1nnc(N2CCCCC2)o1)c1ccccc1Cl. The Hall–Kier alpha value is -2.86. The maximum Gasteiger partial charge on any atom is 0.318 e. The lowest BCUT2D eigenvalue weighted by molar-refractivity contribution is 0.0938. The van der Waals surface area contributed by atoms with E-state index in [1.165, 1.54) is 6.42 Å². The van der Waals surface area contributed by atoms with Gasteiger partial charge in [-0.05, 0) is 37.0 Å². The Morgan fingerprint density at radius 2 is 1.71 bits per heavy atom. The van der Waals surface area contributed by atoms with Crippen LogP contribution in [0.5, 0.6) is 0 Å². The fourth-order valence-electron chi connectivity index (χ4n) is 3.34. The van der Waals surface area contributed by atoms with Crippen molar-refractivity contribution in [3.8, 4) is 0 Å². The van der Waals surface area contributed by atoms with Crippen molar-refractivity contribution in [1.29, 1.82) is 0 Å². The molecule has 3 aromatic rings. The van der Waals surface area contributed by atoms with Crippen molar-refractivity contribution in [2.45, 2.75) is 25.3 Å². The molecular formula is C21H21ClN4O2. The first kappa shape index (κ1) is 18.5. The molecule has 4 rings (SSSR count). The van der Waals surface area contributed by atoms with E-state index in [0.717, 1.165) is 31.5 Å². The first-order valence-corrected chi connectivity index (χ1v) is 9.79. The highest BCUT2D eigenvalue weighted by atomic mass is 35.5. The van der Waals surface area contributed by atoms with Gasteiger partial charge in [-0.3, -0.25) is 4.79 Å². The number of aromatic nitrogens is 2. The third-order valence-electron chi connectivity index (χ3n) is 4.83. The van der Waals surface area contributed by atoms with E-state index in [1.54, 1.807) is 24.3 Å². The molecule has 0 spiro atoms. The summed E-state index contributed by atoms with van der Waals surface area (Å²) < 4.78 is 5.96. The zero-order chi connectivity index (χ0) is 19.3. The molecule has 1 saturated heterocycles. The Morgan fingerprint density at radius 1 is 1.00 bits per heavy atom. The predicted molar refractivity (Wildman–Crippen MR) is 108 cm³/mol. The van der Waals surface area contributed by atoms with Crippen molar-refractivity contribution < 1.29 is 9.21 Å². The Balaban J connectivity index is 1.62. The van der Waals surface area contributed by atoms with E-state index in [-0.39, 0.29) is 5.91 Å². The number of hydrogen-bond donors (Lipinski definition) is 1. The van der Waals surface area contributed by atoms with Gasteiger partial charge in [0.1, 0.15) is 6.04 Å². The molecule has 2 heterocycles. The van der Waals surface area contributed by atoms with Crippen LogP contribution in [0.2, 0.25) is 5.02 Å². The van der Waals surface area contributed by atoms with Gasteiger partial charge in [0.25, 0.3) is 5.91 Å². The van der Waals surface area contributed by atoms with Crippen LogP contribution in [0.15, 0.2) is 59.0 Å². The summed E-state index contributed by atoms with van der Waals surface area (Å²) in [6, 6.07) is 16.5. The van der Waals surface area contributed by atoms with Gasteiger partial charge >= 0.3 is 6.01 Å². The van der Waals surface area contributed by atoms with Gasteiger partial charge in [0.05, 0.1) is 10.6 Å². The quantitative estimate of drug-likeness (QED) is 0.698. The first-order valence-electron chi connectivity index (χ1n) is 9.41. The molecule has 1 aliphatic rings. The molecule has 28 heavy (non-hydrogen) atoms. The second-order valence-corrected chi connectivity index (χ2v) is 7.17. The number of nitrogens with one attached hydrogen (secondary N) is 1. The van der Waals surface area contributed by atoms with Crippen molar-refractivity contribution in [3.63, 3.8) is 0 Å². The van der Waals surface area contributed by atoms with Crippen molar-refractivity contribution in [2.24, 2.45) is 0 Å². The molecule has 1 aromatic heterocycles. The van der Waals surface area contributed by atoms with Crippen molar-refractivity contribution in [2.75, 3.05) is 18.0 Å². The van der Waals surface area contributed by atoms with Crippen molar-refractivity contribution >= 4 is 23.5 Å². The number of carbonyl (C=O) groups excluding carboxylic acids is 1. The van der Waals surface area contributed by atoms with E-state index in [9.17, 15) is 4.79 Å². The molecule has 0 saturated carbocycles. The van der Waals surface area contributed by atoms with Crippen LogP contribution in [0.1, 0.15) is 47.1 Å². The van der Waals surface area contributed by atoms with Gasteiger partial charge in [-0.2, -0.15) is 0 Å². The third-order valence-corrected chi connectivity index (χ3v) is 5.16. The second kappa shape index (κ2) is 8.44. The van der Waals surface area contributed by atoms with Crippen LogP contribution < -0.4 is 10.2 Å². The van der Waals surface area contributed by atoms with Gasteiger partial charge in [0.2, 0.25) is 5.89 Å². The van der Waals surface area contributed by atoms with E-state index in [1.807, 2.05) is 30.3 Å². The monoisotopic (exact) mass is 396 g/mol. The van der Waals surface area contributed by atoms with Gasteiger partial charge < -0.3 is 14.6 Å². The molecule has 0 bridgehead atoms. The fraction of sp³-hybridized carbons (Fsp3) is 0.286. The van der Waals surface area contributed by atoms with Crippen LogP contribution in [0.25, 0.3) is 0 Å². The summed E-state index contributed by atoms with van der Waals surface area (Å²) in [5, 5.41) is 11.8. The summed E-state index contributed by atoms with van der Waals surface area (Å²) in [5.74, 6) is 0.0596. The molecule has 1 atom stereocenters. The standard InChI is InChI=1S/C21H21ClN4O2/c22-17-12-6-5-11-16(17)19(27)23-18(15-9-3-1-4-10-15)20-24-25-21(28-20)26-13-7-2-8-14-26/h1,3-6,9-12,18H,2,7-8,13-14H2,(H,23,27)/t18-/m0/s1. The zero-order valence-corrected chi connectivity index (χ0v) is 16.1. The Bertz CT molecular complexity index is 938. The highest BCUT2D eigenvalue weighted by Crippen LogP contribution is 2.26. The zero-order valence-electron chi connectivity index (χ0n) is 15.3. The molecule has 1 N–H and O–H groups in total. The smallest absolute Gasteiger partial charge is 0.318 e. The van der Waals surface area contributed by atoms with Crippen LogP contribution in [-0.2, 0) is 0 Å². The second-order valence-electron chi connectivity index (χ2n) is 6.77. The summed E-state index contributed by atoms with van der Waals surface area (Å²) in [4.78, 5) is 14.9. The highest BCUT2D eigenvalue weighted by Gasteiger charge is 2.26. The van der Waals surface area contributed by atoms with E-state index in [4.69, 9.17) is 16.0 Å². The molecular weight excluding hydrogens is 376 g/mol. The molecule has 144 valence electrons. The summed E-state index contributed by atoms with van der Waals surface area (Å²) >= 11 is 6.18. The summed E-state index contributed by atoms with van der Waals surface area (Å²) in [6.07, 6.45) is 3.45. The minimum absolute atomic E-state index is 0.294. The predicted octanol–water partition coefficient (Wildman–Crippen LogP) is 4.23. The number of amides is 1. The average Bonchev–Trinajstić information content (AvgIpc) is 3.23. The summed E-state index contributed by atoms with van der Waals surface area (Å²) in [6.45, 7) is 1.81. The number of rotatable bonds is 5. The Morgan fingerprint density at radius 3 is 2.46 bits per heavy atom. The number of benzene rings is 2. The van der Waals surface area contributed by atoms with Crippen LogP contribution in [0.4, 0.5) is 6.01 Å². The van der Waals surface area contributed by atoms with Gasteiger partial charge in [-0.1, -0.05) is 59.2 Å². The number of anilines is 1. The number of piperidine rings is 1. The van der Waals surface area contributed by atoms with Crippen LogP contribution in [0.3, 0.4) is 0 Å². The van der Waals surface area contributed by atoms with E-state index in [0.29, 0.717) is 22.5 Å². The minimum Gasteiger partial charge on any atom is -0.405 e. The molecule has 2 aromatic carbocycles. The van der Waals surface area contributed by atoms with Gasteiger partial charge in [0.15, 0.2) is 0 Å². The maximum atomic E-state index is 12.8. The van der Waals surface area contributed by atoms with E-state index in [2.05, 4.69) is 20.4 Å². The number of carbonyl (C=O) groups is 1. The topological polar surface area (TPSA) is 71.3 Å². The molecule has 0 radical (unpaired) electrons. The number of hydrogen-bond acceptors (Lipinski definition) is 5. The van der Waals surface area contributed by atoms with Gasteiger partial charge in [-0.25, -0.2) is 0 Å². The lowest BCUT2D eigenvalue weighted by Crippen LogP contribution is -2.30. The number of nitrogens with zero attached hydrogens (tertiary/aromatic N) is 3. The average molecular weight is 397 g/mol. The van der Waals surface area contributed by atoms with Crippen LogP contribution in [0, 0.1) is 0 Å². The first-order chi connectivity index (χ1) is 13.7. The van der Waals surface area contributed by atoms with Gasteiger partial charge in [0, 0.05) is 13.1 Å². The Kier molecular flexibility index (Phi) is 5.58. The molecule has 1 amide bonds. The van der Waals surface area contributed by atoms with E-state index >= 15 is 0 Å². The van der Waals surface area contributed by atoms with Gasteiger partial charge in [-0.15, -0.1) is 5.10 Å². The van der Waals surface area contributed by atoms with Crippen molar-refractivity contribution in [1.82, 2.24) is 15.5 Å². The molecule has 1 fully saturated rings. The number of halogens is 1. The van der Waals surface area contributed by atoms with Crippen LogP contribution in [-0.4, -0.2) is 29.2 Å². The molecule has 1 aliphatic heterocycles. The lowest BCUT2D eigenvalue weighted by Gasteiger charge is -2.24. The largest absolute Gasteiger partial charge is 0.405 e. The van der Waals surface area contributed by atoms with Crippen LogP contribution >= 0.6 is 11.6 Å². The maximum absolute atomic E-state index is 12.8.